The minimum absolute atomic E-state index is 0.362. The van der Waals surface area contributed by atoms with E-state index in [4.69, 9.17) is 9.47 Å². The highest BCUT2D eigenvalue weighted by molar-refractivity contribution is 5.80. The van der Waals surface area contributed by atoms with Crippen LogP contribution in [0.3, 0.4) is 0 Å². The van der Waals surface area contributed by atoms with Crippen LogP contribution in [0.25, 0.3) is 0 Å². The van der Waals surface area contributed by atoms with Crippen LogP contribution in [-0.4, -0.2) is 45.2 Å². The summed E-state index contributed by atoms with van der Waals surface area (Å²) in [6.45, 7) is 7.41. The minimum Gasteiger partial charge on any atom is -0.493 e. The van der Waals surface area contributed by atoms with Gasteiger partial charge in [-0.15, -0.1) is 0 Å². The number of methoxy groups -OCH3 is 2. The SMILES string of the molecule is CN=C(NCc1ccc(OC)c(OC)c1)N1CCC(C)(C)C1. The van der Waals surface area contributed by atoms with Gasteiger partial charge >= 0.3 is 0 Å². The van der Waals surface area contributed by atoms with Crippen molar-refractivity contribution in [2.75, 3.05) is 34.4 Å². The summed E-state index contributed by atoms with van der Waals surface area (Å²) in [5, 5.41) is 3.43. The third-order valence-electron chi connectivity index (χ3n) is 4.09. The molecule has 1 fully saturated rings. The van der Waals surface area contributed by atoms with E-state index in [2.05, 4.69) is 29.1 Å². The van der Waals surface area contributed by atoms with Gasteiger partial charge in [-0.1, -0.05) is 19.9 Å². The molecule has 1 aliphatic heterocycles. The number of nitrogens with zero attached hydrogens (tertiary/aromatic N) is 2. The molecule has 1 heterocycles. The molecule has 122 valence electrons. The summed E-state index contributed by atoms with van der Waals surface area (Å²) in [6, 6.07) is 5.96. The minimum atomic E-state index is 0.362. The third kappa shape index (κ3) is 3.84. The second kappa shape index (κ2) is 6.90. The van der Waals surface area contributed by atoms with Crippen molar-refractivity contribution in [3.8, 4) is 11.5 Å². The number of hydrogen-bond donors (Lipinski definition) is 1. The van der Waals surface area contributed by atoms with Gasteiger partial charge in [0.1, 0.15) is 0 Å². The molecular formula is C17H27N3O2. The smallest absolute Gasteiger partial charge is 0.193 e. The van der Waals surface area contributed by atoms with Gasteiger partial charge in [0.15, 0.2) is 17.5 Å². The van der Waals surface area contributed by atoms with E-state index in [1.54, 1.807) is 14.2 Å². The molecule has 0 spiro atoms. The highest BCUT2D eigenvalue weighted by Gasteiger charge is 2.30. The largest absolute Gasteiger partial charge is 0.493 e. The standard InChI is InChI=1S/C17H27N3O2/c1-17(2)8-9-20(12-17)16(18-3)19-11-13-6-7-14(21-4)15(10-13)22-5/h6-7,10H,8-9,11-12H2,1-5H3,(H,18,19). The first-order valence-electron chi connectivity index (χ1n) is 7.65. The number of rotatable bonds is 4. The Morgan fingerprint density at radius 3 is 2.55 bits per heavy atom. The number of aliphatic imine (C=N–C) groups is 1. The van der Waals surface area contributed by atoms with Gasteiger partial charge < -0.3 is 19.7 Å². The molecule has 22 heavy (non-hydrogen) atoms. The lowest BCUT2D eigenvalue weighted by atomic mass is 9.93. The Labute approximate surface area is 133 Å². The number of likely N-dealkylation sites (tertiary alicyclic amines) is 1. The maximum absolute atomic E-state index is 5.34. The van der Waals surface area contributed by atoms with E-state index in [1.807, 2.05) is 25.2 Å². The van der Waals surface area contributed by atoms with Gasteiger partial charge in [0, 0.05) is 26.7 Å². The zero-order chi connectivity index (χ0) is 16.2. The van der Waals surface area contributed by atoms with Crippen LogP contribution >= 0.6 is 0 Å². The molecule has 0 unspecified atom stereocenters. The average Bonchev–Trinajstić information content (AvgIpc) is 2.87. The van der Waals surface area contributed by atoms with Crippen LogP contribution in [0.1, 0.15) is 25.8 Å². The van der Waals surface area contributed by atoms with Gasteiger partial charge in [0.25, 0.3) is 0 Å². The van der Waals surface area contributed by atoms with Crippen molar-refractivity contribution in [1.29, 1.82) is 0 Å². The molecule has 1 aliphatic rings. The molecule has 0 saturated carbocycles. The molecule has 0 bridgehead atoms. The lowest BCUT2D eigenvalue weighted by Crippen LogP contribution is -2.40. The molecule has 0 atom stereocenters. The molecule has 2 rings (SSSR count). The van der Waals surface area contributed by atoms with Crippen molar-refractivity contribution < 1.29 is 9.47 Å². The van der Waals surface area contributed by atoms with Crippen molar-refractivity contribution in [2.24, 2.45) is 10.4 Å². The summed E-state index contributed by atoms with van der Waals surface area (Å²) in [5.41, 5.74) is 1.50. The zero-order valence-corrected chi connectivity index (χ0v) is 14.3. The van der Waals surface area contributed by atoms with Crippen LogP contribution in [0.15, 0.2) is 23.2 Å². The summed E-state index contributed by atoms with van der Waals surface area (Å²) in [7, 11) is 5.13. The van der Waals surface area contributed by atoms with Crippen molar-refractivity contribution in [1.82, 2.24) is 10.2 Å². The Balaban J connectivity index is 1.99. The third-order valence-corrected chi connectivity index (χ3v) is 4.09. The Bertz CT molecular complexity index is 541. The summed E-state index contributed by atoms with van der Waals surface area (Å²) in [5.74, 6) is 2.45. The predicted octanol–water partition coefficient (Wildman–Crippen LogP) is 2.51. The van der Waals surface area contributed by atoms with E-state index >= 15 is 0 Å². The van der Waals surface area contributed by atoms with E-state index in [0.29, 0.717) is 12.0 Å². The van der Waals surface area contributed by atoms with Gasteiger partial charge in [-0.05, 0) is 29.5 Å². The number of benzene rings is 1. The Morgan fingerprint density at radius 1 is 1.27 bits per heavy atom. The summed E-state index contributed by atoms with van der Waals surface area (Å²) in [6.07, 6.45) is 1.20. The van der Waals surface area contributed by atoms with Crippen molar-refractivity contribution >= 4 is 5.96 Å². The average molecular weight is 305 g/mol. The Hall–Kier alpha value is -1.91. The summed E-state index contributed by atoms with van der Waals surface area (Å²) >= 11 is 0. The van der Waals surface area contributed by atoms with Crippen LogP contribution in [0.2, 0.25) is 0 Å². The molecule has 1 N–H and O–H groups in total. The zero-order valence-electron chi connectivity index (χ0n) is 14.3. The van der Waals surface area contributed by atoms with Crippen LogP contribution in [-0.2, 0) is 6.54 Å². The fourth-order valence-electron chi connectivity index (χ4n) is 2.80. The van der Waals surface area contributed by atoms with Gasteiger partial charge in [-0.25, -0.2) is 0 Å². The quantitative estimate of drug-likeness (QED) is 0.686. The van der Waals surface area contributed by atoms with E-state index in [1.165, 1.54) is 6.42 Å². The Kier molecular flexibility index (Phi) is 5.16. The maximum Gasteiger partial charge on any atom is 0.193 e. The van der Waals surface area contributed by atoms with E-state index in [9.17, 15) is 0 Å². The topological polar surface area (TPSA) is 46.1 Å². The molecular weight excluding hydrogens is 278 g/mol. The fraction of sp³-hybridized carbons (Fsp3) is 0.588. The van der Waals surface area contributed by atoms with Crippen LogP contribution in [0.5, 0.6) is 11.5 Å². The first-order chi connectivity index (χ1) is 10.5. The van der Waals surface area contributed by atoms with E-state index in [0.717, 1.165) is 36.1 Å². The van der Waals surface area contributed by atoms with Crippen LogP contribution < -0.4 is 14.8 Å². The van der Waals surface area contributed by atoms with Crippen molar-refractivity contribution in [3.05, 3.63) is 23.8 Å². The van der Waals surface area contributed by atoms with Crippen molar-refractivity contribution in [3.63, 3.8) is 0 Å². The number of guanidine groups is 1. The molecule has 0 aromatic heterocycles. The molecule has 1 aromatic rings. The van der Waals surface area contributed by atoms with Crippen LogP contribution in [0, 0.1) is 5.41 Å². The van der Waals surface area contributed by atoms with Gasteiger partial charge in [0.05, 0.1) is 14.2 Å². The number of ether oxygens (including phenoxy) is 2. The maximum atomic E-state index is 5.34. The normalized spacial score (nSPS) is 17.5. The van der Waals surface area contributed by atoms with E-state index < -0.39 is 0 Å². The van der Waals surface area contributed by atoms with Gasteiger partial charge in [-0.3, -0.25) is 4.99 Å². The summed E-state index contributed by atoms with van der Waals surface area (Å²) < 4.78 is 10.6. The molecule has 0 amide bonds. The molecule has 0 aliphatic carbocycles. The predicted molar refractivity (Wildman–Crippen MR) is 89.7 cm³/mol. The van der Waals surface area contributed by atoms with Gasteiger partial charge in [-0.2, -0.15) is 0 Å². The lowest BCUT2D eigenvalue weighted by Gasteiger charge is -2.23. The first-order valence-corrected chi connectivity index (χ1v) is 7.65. The monoisotopic (exact) mass is 305 g/mol. The Morgan fingerprint density at radius 2 is 2.00 bits per heavy atom. The molecule has 1 aromatic carbocycles. The highest BCUT2D eigenvalue weighted by Crippen LogP contribution is 2.29. The number of hydrogen-bond acceptors (Lipinski definition) is 3. The molecule has 0 radical (unpaired) electrons. The van der Waals surface area contributed by atoms with Gasteiger partial charge in [0.2, 0.25) is 0 Å². The molecule has 1 saturated heterocycles. The fourth-order valence-corrected chi connectivity index (χ4v) is 2.80. The number of nitrogens with one attached hydrogen (secondary N) is 1. The van der Waals surface area contributed by atoms with Crippen LogP contribution in [0.4, 0.5) is 0 Å². The summed E-state index contributed by atoms with van der Waals surface area (Å²) in [4.78, 5) is 6.72. The second-order valence-electron chi connectivity index (χ2n) is 6.43. The molecule has 5 heteroatoms. The van der Waals surface area contributed by atoms with E-state index in [-0.39, 0.29) is 0 Å². The van der Waals surface area contributed by atoms with Crippen molar-refractivity contribution in [2.45, 2.75) is 26.8 Å². The second-order valence-corrected chi connectivity index (χ2v) is 6.43. The molecule has 5 nitrogen and oxygen atoms in total. The lowest BCUT2D eigenvalue weighted by molar-refractivity contribution is 0.354. The first kappa shape index (κ1) is 16.5. The highest BCUT2D eigenvalue weighted by atomic mass is 16.5.